The quantitative estimate of drug-likeness (QED) is 0.380. The molecule has 2 bridgehead atoms. The second-order valence-corrected chi connectivity index (χ2v) is 8.00. The van der Waals surface area contributed by atoms with Crippen LogP contribution in [0.25, 0.3) is 0 Å². The molecule has 0 aromatic rings. The molecule has 25 heavy (non-hydrogen) atoms. The van der Waals surface area contributed by atoms with Crippen molar-refractivity contribution < 1.29 is 19.4 Å². The summed E-state index contributed by atoms with van der Waals surface area (Å²) < 4.78 is 5.01. The Labute approximate surface area is 151 Å². The lowest BCUT2D eigenvalue weighted by molar-refractivity contribution is -0.139. The molecule has 3 unspecified atom stereocenters. The fraction of sp³-hybridized carbons (Fsp3) is 0.800. The van der Waals surface area contributed by atoms with Crippen LogP contribution in [0.5, 0.6) is 0 Å². The molecule has 2 saturated carbocycles. The van der Waals surface area contributed by atoms with Gasteiger partial charge in [0.25, 0.3) is 0 Å². The smallest absolute Gasteiger partial charge is 0.333 e. The Morgan fingerprint density at radius 1 is 1.32 bits per heavy atom. The van der Waals surface area contributed by atoms with Gasteiger partial charge >= 0.3 is 5.97 Å². The first-order valence-electron chi connectivity index (χ1n) is 9.70. The van der Waals surface area contributed by atoms with E-state index < -0.39 is 5.60 Å². The molecule has 0 radical (unpaired) electrons. The zero-order valence-electron chi connectivity index (χ0n) is 15.5. The van der Waals surface area contributed by atoms with Crippen molar-refractivity contribution >= 4 is 11.9 Å². The number of aliphatic hydroxyl groups is 1. The molecule has 0 spiro atoms. The zero-order chi connectivity index (χ0) is 18.3. The minimum absolute atomic E-state index is 0.0849. The van der Waals surface area contributed by atoms with Gasteiger partial charge in [0, 0.05) is 18.5 Å². The predicted molar refractivity (Wildman–Crippen MR) is 96.9 cm³/mol. The Hall–Kier alpha value is -1.36. The maximum absolute atomic E-state index is 12.0. The van der Waals surface area contributed by atoms with Crippen molar-refractivity contribution in [1.29, 1.82) is 0 Å². The van der Waals surface area contributed by atoms with Gasteiger partial charge in [-0.15, -0.1) is 0 Å². The highest BCUT2D eigenvalue weighted by molar-refractivity contribution is 5.86. The van der Waals surface area contributed by atoms with E-state index in [1.165, 1.54) is 12.8 Å². The summed E-state index contributed by atoms with van der Waals surface area (Å²) in [5.74, 6) is 0.864. The summed E-state index contributed by atoms with van der Waals surface area (Å²) in [6.07, 6.45) is 9.26. The molecule has 2 fully saturated rings. The summed E-state index contributed by atoms with van der Waals surface area (Å²) in [4.78, 5) is 23.2. The van der Waals surface area contributed by atoms with E-state index in [2.05, 4.69) is 11.9 Å². The van der Waals surface area contributed by atoms with Crippen molar-refractivity contribution in [3.63, 3.8) is 0 Å². The van der Waals surface area contributed by atoms with Crippen LogP contribution in [-0.2, 0) is 14.3 Å². The van der Waals surface area contributed by atoms with Gasteiger partial charge in [-0.3, -0.25) is 4.79 Å². The minimum atomic E-state index is -0.455. The third kappa shape index (κ3) is 6.81. The Morgan fingerprint density at radius 2 is 2.12 bits per heavy atom. The molecule has 2 aliphatic rings. The Bertz CT molecular complexity index is 490. The highest BCUT2D eigenvalue weighted by Crippen LogP contribution is 2.46. The molecule has 0 aromatic carbocycles. The molecule has 0 aliphatic heterocycles. The van der Waals surface area contributed by atoms with E-state index in [0.29, 0.717) is 37.0 Å². The largest absolute Gasteiger partial charge is 0.462 e. The van der Waals surface area contributed by atoms with Gasteiger partial charge in [-0.25, -0.2) is 4.79 Å². The fourth-order valence-electron chi connectivity index (χ4n) is 4.33. The van der Waals surface area contributed by atoms with Crippen molar-refractivity contribution in [2.75, 3.05) is 13.2 Å². The molecule has 0 aromatic heterocycles. The summed E-state index contributed by atoms with van der Waals surface area (Å²) in [6.45, 7) is 6.13. The number of ether oxygens (including phenoxy) is 1. The summed E-state index contributed by atoms with van der Waals surface area (Å²) in [6, 6.07) is 0. The van der Waals surface area contributed by atoms with Gasteiger partial charge in [0.15, 0.2) is 0 Å². The zero-order valence-corrected chi connectivity index (χ0v) is 15.5. The Morgan fingerprint density at radius 3 is 2.84 bits per heavy atom. The molecule has 5 heteroatoms. The van der Waals surface area contributed by atoms with E-state index in [9.17, 15) is 14.7 Å². The first kappa shape index (κ1) is 20.0. The van der Waals surface area contributed by atoms with Gasteiger partial charge in [0.05, 0.1) is 12.2 Å². The fourth-order valence-corrected chi connectivity index (χ4v) is 4.33. The number of fused-ring (bicyclic) bond motifs is 2. The molecule has 142 valence electrons. The molecule has 2 aliphatic carbocycles. The Kier molecular flexibility index (Phi) is 7.48. The van der Waals surface area contributed by atoms with E-state index in [1.807, 2.05) is 0 Å². The van der Waals surface area contributed by atoms with Gasteiger partial charge in [0.2, 0.25) is 5.91 Å². The number of carbonyl (C=O) groups excluding carboxylic acids is 2. The van der Waals surface area contributed by atoms with Crippen LogP contribution in [0.1, 0.15) is 71.1 Å². The van der Waals surface area contributed by atoms with Crippen molar-refractivity contribution in [2.24, 2.45) is 11.8 Å². The van der Waals surface area contributed by atoms with Crippen LogP contribution in [0.15, 0.2) is 12.2 Å². The maximum Gasteiger partial charge on any atom is 0.333 e. The predicted octanol–water partition coefficient (Wildman–Crippen LogP) is 3.11. The lowest BCUT2D eigenvalue weighted by Gasteiger charge is -2.45. The van der Waals surface area contributed by atoms with Crippen molar-refractivity contribution in [3.05, 3.63) is 12.2 Å². The van der Waals surface area contributed by atoms with Gasteiger partial charge in [-0.05, 0) is 63.7 Å². The average molecular weight is 351 g/mol. The van der Waals surface area contributed by atoms with Gasteiger partial charge in [0.1, 0.15) is 0 Å². The highest BCUT2D eigenvalue weighted by atomic mass is 16.5. The number of carbonyl (C=O) groups is 2. The highest BCUT2D eigenvalue weighted by Gasteiger charge is 2.41. The standard InChI is InChI=1S/C20H33NO4/c1-15(2)19(23)25-11-4-3-10-21-18(22)8-7-17-12-16-6-5-9-20(24,13-16)14-17/h16-17,24H,1,3-14H2,2H3,(H,21,22). The average Bonchev–Trinajstić information content (AvgIpc) is 2.54. The van der Waals surface area contributed by atoms with E-state index in [-0.39, 0.29) is 11.9 Å². The summed E-state index contributed by atoms with van der Waals surface area (Å²) >= 11 is 0. The molecule has 2 rings (SSSR count). The molecular weight excluding hydrogens is 318 g/mol. The third-order valence-electron chi connectivity index (χ3n) is 5.51. The first-order valence-corrected chi connectivity index (χ1v) is 9.70. The van der Waals surface area contributed by atoms with Crippen molar-refractivity contribution in [3.8, 4) is 0 Å². The number of unbranched alkanes of at least 4 members (excludes halogenated alkanes) is 1. The number of nitrogens with one attached hydrogen (secondary N) is 1. The SMILES string of the molecule is C=C(C)C(=O)OCCCCNC(=O)CCC1CC2CCCC(O)(C2)C1. The summed E-state index contributed by atoms with van der Waals surface area (Å²) in [5.41, 5.74) is -0.0476. The second kappa shape index (κ2) is 9.37. The van der Waals surface area contributed by atoms with Crippen LogP contribution in [0.2, 0.25) is 0 Å². The van der Waals surface area contributed by atoms with Gasteiger partial charge < -0.3 is 15.2 Å². The summed E-state index contributed by atoms with van der Waals surface area (Å²) in [5, 5.41) is 13.5. The summed E-state index contributed by atoms with van der Waals surface area (Å²) in [7, 11) is 0. The maximum atomic E-state index is 12.0. The van der Waals surface area contributed by atoms with Crippen molar-refractivity contribution in [1.82, 2.24) is 5.32 Å². The molecule has 0 heterocycles. The van der Waals surface area contributed by atoms with E-state index >= 15 is 0 Å². The van der Waals surface area contributed by atoms with Crippen LogP contribution in [0, 0.1) is 11.8 Å². The molecule has 5 nitrogen and oxygen atoms in total. The van der Waals surface area contributed by atoms with Crippen LogP contribution >= 0.6 is 0 Å². The van der Waals surface area contributed by atoms with Gasteiger partial charge in [-0.1, -0.05) is 19.4 Å². The lowest BCUT2D eigenvalue weighted by atomic mass is 9.64. The molecule has 1 amide bonds. The second-order valence-electron chi connectivity index (χ2n) is 8.00. The van der Waals surface area contributed by atoms with E-state index in [4.69, 9.17) is 4.74 Å². The number of amides is 1. The molecule has 0 saturated heterocycles. The van der Waals surface area contributed by atoms with Crippen LogP contribution in [-0.4, -0.2) is 35.7 Å². The monoisotopic (exact) mass is 351 g/mol. The Balaban J connectivity index is 1.53. The third-order valence-corrected chi connectivity index (χ3v) is 5.51. The van der Waals surface area contributed by atoms with Crippen LogP contribution < -0.4 is 5.32 Å². The number of hydrogen-bond acceptors (Lipinski definition) is 4. The van der Waals surface area contributed by atoms with Gasteiger partial charge in [-0.2, -0.15) is 0 Å². The van der Waals surface area contributed by atoms with E-state index in [0.717, 1.165) is 44.9 Å². The molecule has 2 N–H and O–H groups in total. The van der Waals surface area contributed by atoms with Crippen LogP contribution in [0.3, 0.4) is 0 Å². The topological polar surface area (TPSA) is 75.6 Å². The lowest BCUT2D eigenvalue weighted by Crippen LogP contribution is -2.42. The first-order chi connectivity index (χ1) is 11.9. The number of hydrogen-bond donors (Lipinski definition) is 2. The number of rotatable bonds is 9. The normalized spacial score (nSPS) is 28.2. The van der Waals surface area contributed by atoms with Crippen LogP contribution in [0.4, 0.5) is 0 Å². The number of esters is 1. The molecular formula is C20H33NO4. The van der Waals surface area contributed by atoms with Crippen molar-refractivity contribution in [2.45, 2.75) is 76.7 Å². The van der Waals surface area contributed by atoms with E-state index in [1.54, 1.807) is 6.92 Å². The minimum Gasteiger partial charge on any atom is -0.462 e. The molecule has 3 atom stereocenters.